The zero-order chi connectivity index (χ0) is 22.7. The van der Waals surface area contributed by atoms with Crippen molar-refractivity contribution in [2.24, 2.45) is 0 Å². The topological polar surface area (TPSA) is 85.4 Å². The quantitative estimate of drug-likeness (QED) is 0.410. The first-order valence-electron chi connectivity index (χ1n) is 9.32. The third-order valence-corrected chi connectivity index (χ3v) is 6.00. The minimum Gasteiger partial charge on any atom is -0.506 e. The molecule has 1 aromatic heterocycles. The van der Waals surface area contributed by atoms with E-state index in [4.69, 9.17) is 11.6 Å². The number of H-pyrrole nitrogens is 1. The highest BCUT2D eigenvalue weighted by Crippen LogP contribution is 2.55. The Balaban J connectivity index is 1.95. The molecule has 1 heterocycles. The molecule has 0 spiro atoms. The highest BCUT2D eigenvalue weighted by molar-refractivity contribution is 6.32. The Kier molecular flexibility index (Phi) is 4.94. The Morgan fingerprint density at radius 1 is 1.23 bits per heavy atom. The Hall–Kier alpha value is -2.78. The molecule has 0 fully saturated rings. The van der Waals surface area contributed by atoms with Gasteiger partial charge in [-0.2, -0.15) is 13.2 Å². The molecule has 0 saturated heterocycles. The van der Waals surface area contributed by atoms with Crippen LogP contribution in [0.4, 0.5) is 23.2 Å². The van der Waals surface area contributed by atoms with Crippen molar-refractivity contribution in [2.75, 3.05) is 5.32 Å². The third-order valence-electron chi connectivity index (χ3n) is 5.70. The summed E-state index contributed by atoms with van der Waals surface area (Å²) in [5.74, 6) is -2.02. The van der Waals surface area contributed by atoms with Gasteiger partial charge in [-0.3, -0.25) is 4.79 Å². The van der Waals surface area contributed by atoms with Gasteiger partial charge in [0.1, 0.15) is 11.6 Å². The lowest BCUT2D eigenvalue weighted by molar-refractivity contribution is -0.272. The van der Waals surface area contributed by atoms with Gasteiger partial charge < -0.3 is 20.5 Å². The number of aliphatic hydroxyl groups is 1. The summed E-state index contributed by atoms with van der Waals surface area (Å²) in [5.41, 5.74) is -3.55. The van der Waals surface area contributed by atoms with E-state index >= 15 is 0 Å². The molecule has 0 radical (unpaired) electrons. The Labute approximate surface area is 178 Å². The van der Waals surface area contributed by atoms with Crippen LogP contribution in [0.15, 0.2) is 41.2 Å². The van der Waals surface area contributed by atoms with Crippen molar-refractivity contribution in [1.29, 1.82) is 0 Å². The fourth-order valence-corrected chi connectivity index (χ4v) is 4.46. The van der Waals surface area contributed by atoms with Gasteiger partial charge in [-0.05, 0) is 42.2 Å². The van der Waals surface area contributed by atoms with Crippen LogP contribution in [0.25, 0.3) is 10.9 Å². The van der Waals surface area contributed by atoms with Gasteiger partial charge in [0.05, 0.1) is 16.6 Å². The van der Waals surface area contributed by atoms with E-state index in [0.29, 0.717) is 0 Å². The van der Waals surface area contributed by atoms with Crippen LogP contribution in [0.5, 0.6) is 5.75 Å². The summed E-state index contributed by atoms with van der Waals surface area (Å²) < 4.78 is 56.4. The average Bonchev–Trinajstić information content (AvgIpc) is 2.65. The molecule has 4 N–H and O–H groups in total. The molecule has 0 bridgehead atoms. The Morgan fingerprint density at radius 3 is 2.61 bits per heavy atom. The number of nitrogens with one attached hydrogen (secondary N) is 2. The first-order valence-corrected chi connectivity index (χ1v) is 9.69. The van der Waals surface area contributed by atoms with E-state index in [1.165, 1.54) is 25.1 Å². The molecule has 0 saturated carbocycles. The summed E-state index contributed by atoms with van der Waals surface area (Å²) in [7, 11) is 0. The van der Waals surface area contributed by atoms with Crippen molar-refractivity contribution < 1.29 is 27.8 Å². The number of alkyl halides is 3. The molecule has 1 aliphatic carbocycles. The first-order chi connectivity index (χ1) is 14.4. The lowest BCUT2D eigenvalue weighted by Gasteiger charge is -2.45. The second-order valence-corrected chi connectivity index (χ2v) is 8.15. The molecule has 10 heteroatoms. The predicted molar refractivity (Wildman–Crippen MR) is 108 cm³/mol. The number of pyridine rings is 1. The number of aromatic nitrogens is 1. The Morgan fingerprint density at radius 2 is 1.94 bits per heavy atom. The minimum atomic E-state index is -5.04. The number of phenols is 1. The smallest absolute Gasteiger partial charge is 0.419 e. The molecular formula is C21H17ClF4N2O3. The molecule has 164 valence electrons. The molecule has 0 aliphatic heterocycles. The number of fused-ring (bicyclic) bond motifs is 2. The van der Waals surface area contributed by atoms with Crippen LogP contribution >= 0.6 is 11.6 Å². The number of benzene rings is 2. The monoisotopic (exact) mass is 456 g/mol. The fourth-order valence-electron chi connectivity index (χ4n) is 4.30. The zero-order valence-electron chi connectivity index (χ0n) is 16.0. The molecule has 1 aliphatic rings. The van der Waals surface area contributed by atoms with E-state index in [1.54, 1.807) is 0 Å². The van der Waals surface area contributed by atoms with Crippen molar-refractivity contribution in [3.8, 4) is 5.75 Å². The SMILES string of the molecule is C[C@H]1C[C@@](O)(C(F)(F)F)[C@@H](Nc2cc(F)cc3[nH]c(=O)ccc23)c2ccc(Cl)c(O)c21. The maximum absolute atomic E-state index is 14.2. The van der Waals surface area contributed by atoms with Crippen LogP contribution in [0.3, 0.4) is 0 Å². The number of hydrogen-bond acceptors (Lipinski definition) is 4. The van der Waals surface area contributed by atoms with Gasteiger partial charge in [0.2, 0.25) is 5.56 Å². The molecule has 3 atom stereocenters. The number of phenolic OH excluding ortho intramolecular Hbond substituents is 1. The first kappa shape index (κ1) is 21.5. The summed E-state index contributed by atoms with van der Waals surface area (Å²) in [6, 6.07) is 5.27. The van der Waals surface area contributed by atoms with Gasteiger partial charge in [-0.25, -0.2) is 4.39 Å². The van der Waals surface area contributed by atoms with E-state index in [2.05, 4.69) is 10.3 Å². The third kappa shape index (κ3) is 3.41. The van der Waals surface area contributed by atoms with Crippen LogP contribution < -0.4 is 10.9 Å². The van der Waals surface area contributed by atoms with Crippen molar-refractivity contribution >= 4 is 28.2 Å². The van der Waals surface area contributed by atoms with Gasteiger partial charge in [0.15, 0.2) is 5.60 Å². The number of hydrogen-bond donors (Lipinski definition) is 4. The minimum absolute atomic E-state index is 0.0117. The van der Waals surface area contributed by atoms with Gasteiger partial charge in [-0.15, -0.1) is 0 Å². The molecule has 3 aromatic rings. The molecule has 0 amide bonds. The standard InChI is InChI=1S/C21H17ClF4N2O3/c1-9-8-20(31,21(24,25)26)19(12-2-4-13(22)18(30)17(9)12)28-15-7-10(23)6-14-11(15)3-5-16(29)27-14/h2-7,9,19,28,30-31H,8H2,1H3,(H,27,29)/t9-,19-,20-/m0/s1. The molecule has 31 heavy (non-hydrogen) atoms. The van der Waals surface area contributed by atoms with Crippen LogP contribution in [-0.4, -0.2) is 27.0 Å². The predicted octanol–water partition coefficient (Wildman–Crippen LogP) is 4.98. The lowest BCUT2D eigenvalue weighted by Crippen LogP contribution is -2.55. The molecule has 0 unspecified atom stereocenters. The van der Waals surface area contributed by atoms with Crippen molar-refractivity contribution in [3.63, 3.8) is 0 Å². The highest BCUT2D eigenvalue weighted by atomic mass is 35.5. The summed E-state index contributed by atoms with van der Waals surface area (Å²) in [6.07, 6.45) is -5.79. The van der Waals surface area contributed by atoms with Gasteiger partial charge >= 0.3 is 6.18 Å². The summed E-state index contributed by atoms with van der Waals surface area (Å²) in [4.78, 5) is 14.0. The lowest BCUT2D eigenvalue weighted by atomic mass is 9.70. The van der Waals surface area contributed by atoms with Crippen LogP contribution in [0, 0.1) is 5.82 Å². The second kappa shape index (κ2) is 7.13. The van der Waals surface area contributed by atoms with Gasteiger partial charge in [-0.1, -0.05) is 24.6 Å². The van der Waals surface area contributed by atoms with Crippen molar-refractivity contribution in [3.05, 3.63) is 68.7 Å². The molecular weight excluding hydrogens is 440 g/mol. The molecule has 4 rings (SSSR count). The number of aromatic hydroxyl groups is 1. The van der Waals surface area contributed by atoms with E-state index in [1.807, 2.05) is 0 Å². The van der Waals surface area contributed by atoms with E-state index in [0.717, 1.165) is 18.2 Å². The van der Waals surface area contributed by atoms with Crippen LogP contribution in [-0.2, 0) is 0 Å². The van der Waals surface area contributed by atoms with Crippen molar-refractivity contribution in [1.82, 2.24) is 4.98 Å². The number of halogens is 5. The van der Waals surface area contributed by atoms with Gasteiger partial charge in [0, 0.05) is 22.7 Å². The second-order valence-electron chi connectivity index (χ2n) is 7.74. The summed E-state index contributed by atoms with van der Waals surface area (Å²) >= 11 is 5.96. The molecule has 2 aromatic carbocycles. The Bertz CT molecular complexity index is 1240. The average molecular weight is 457 g/mol. The number of rotatable bonds is 2. The highest BCUT2D eigenvalue weighted by Gasteiger charge is 2.62. The van der Waals surface area contributed by atoms with E-state index in [9.17, 15) is 32.6 Å². The maximum atomic E-state index is 14.2. The number of aromatic amines is 1. The zero-order valence-corrected chi connectivity index (χ0v) is 16.8. The van der Waals surface area contributed by atoms with E-state index < -0.39 is 41.5 Å². The fraction of sp³-hybridized carbons (Fsp3) is 0.286. The van der Waals surface area contributed by atoms with Crippen LogP contribution in [0.2, 0.25) is 5.02 Å². The normalized spacial score (nSPS) is 23.6. The summed E-state index contributed by atoms with van der Waals surface area (Å²) in [5, 5.41) is 24.1. The summed E-state index contributed by atoms with van der Waals surface area (Å²) in [6.45, 7) is 1.45. The molecule has 5 nitrogen and oxygen atoms in total. The van der Waals surface area contributed by atoms with Crippen LogP contribution in [0.1, 0.15) is 36.4 Å². The number of anilines is 1. The van der Waals surface area contributed by atoms with Gasteiger partial charge in [0.25, 0.3) is 0 Å². The largest absolute Gasteiger partial charge is 0.506 e. The maximum Gasteiger partial charge on any atom is 0.419 e. The van der Waals surface area contributed by atoms with E-state index in [-0.39, 0.29) is 38.5 Å². The van der Waals surface area contributed by atoms with Crippen molar-refractivity contribution in [2.45, 2.75) is 37.1 Å².